The number of ketones is 1. The zero-order chi connectivity index (χ0) is 18.5. The van der Waals surface area contributed by atoms with Gasteiger partial charge in [-0.3, -0.25) is 9.59 Å². The third kappa shape index (κ3) is 4.85. The molecule has 1 amide bonds. The van der Waals surface area contributed by atoms with Gasteiger partial charge in [0.15, 0.2) is 0 Å². The van der Waals surface area contributed by atoms with E-state index in [0.29, 0.717) is 13.1 Å². The van der Waals surface area contributed by atoms with Gasteiger partial charge in [0.1, 0.15) is 5.75 Å². The fourth-order valence-corrected chi connectivity index (χ4v) is 3.93. The number of fused-ring (bicyclic) bond motifs is 1. The Morgan fingerprint density at radius 1 is 1.15 bits per heavy atom. The monoisotopic (exact) mass is 358 g/mol. The van der Waals surface area contributed by atoms with Crippen molar-refractivity contribution in [3.8, 4) is 5.75 Å². The molecule has 2 heterocycles. The van der Waals surface area contributed by atoms with Crippen molar-refractivity contribution in [3.05, 3.63) is 29.3 Å². The first kappa shape index (κ1) is 18.9. The maximum Gasteiger partial charge on any atom is 0.289 e. The van der Waals surface area contributed by atoms with E-state index in [-0.39, 0.29) is 5.91 Å². The van der Waals surface area contributed by atoms with Crippen LogP contribution in [-0.4, -0.2) is 54.8 Å². The Bertz CT molecular complexity index is 651. The first-order chi connectivity index (χ1) is 12.5. The lowest BCUT2D eigenvalue weighted by Crippen LogP contribution is -2.39. The van der Waals surface area contributed by atoms with Gasteiger partial charge in [0, 0.05) is 20.0 Å². The molecule has 0 saturated carbocycles. The van der Waals surface area contributed by atoms with Gasteiger partial charge < -0.3 is 14.5 Å². The predicted octanol–water partition coefficient (Wildman–Crippen LogP) is 2.66. The minimum atomic E-state index is -0.391. The van der Waals surface area contributed by atoms with Gasteiger partial charge in [-0.05, 0) is 81.4 Å². The topological polar surface area (TPSA) is 49.9 Å². The Hall–Kier alpha value is -1.88. The van der Waals surface area contributed by atoms with Crippen molar-refractivity contribution in [1.29, 1.82) is 0 Å². The second kappa shape index (κ2) is 8.67. The van der Waals surface area contributed by atoms with Crippen LogP contribution in [0.3, 0.4) is 0 Å². The summed E-state index contributed by atoms with van der Waals surface area (Å²) < 4.78 is 5.95. The molecule has 5 heteroatoms. The quantitative estimate of drug-likeness (QED) is 0.579. The highest BCUT2D eigenvalue weighted by Crippen LogP contribution is 2.25. The molecule has 2 aliphatic rings. The normalized spacial score (nSPS) is 18.5. The van der Waals surface area contributed by atoms with Crippen molar-refractivity contribution >= 4 is 11.7 Å². The number of piperidine rings is 1. The number of Topliss-reactive ketones (excluding diaryl/α,β-unsaturated/α-hetero) is 1. The summed E-state index contributed by atoms with van der Waals surface area (Å²) in [4.78, 5) is 27.2. The lowest BCUT2D eigenvalue weighted by atomic mass is 9.93. The van der Waals surface area contributed by atoms with Crippen LogP contribution in [0.5, 0.6) is 5.75 Å². The molecule has 1 aromatic carbocycles. The van der Waals surface area contributed by atoms with E-state index >= 15 is 0 Å². The van der Waals surface area contributed by atoms with Crippen molar-refractivity contribution in [2.75, 3.05) is 33.3 Å². The number of amides is 1. The summed E-state index contributed by atoms with van der Waals surface area (Å²) in [5.41, 5.74) is 2.34. The highest BCUT2D eigenvalue weighted by atomic mass is 16.5. The van der Waals surface area contributed by atoms with Crippen LogP contribution in [0.2, 0.25) is 0 Å². The van der Waals surface area contributed by atoms with Gasteiger partial charge in [0.2, 0.25) is 5.78 Å². The summed E-state index contributed by atoms with van der Waals surface area (Å²) in [6.45, 7) is 5.66. The van der Waals surface area contributed by atoms with Crippen molar-refractivity contribution in [2.24, 2.45) is 5.92 Å². The van der Waals surface area contributed by atoms with Crippen LogP contribution < -0.4 is 4.74 Å². The van der Waals surface area contributed by atoms with Crippen molar-refractivity contribution in [1.82, 2.24) is 9.80 Å². The Morgan fingerprint density at radius 3 is 2.65 bits per heavy atom. The van der Waals surface area contributed by atoms with Gasteiger partial charge in [0.05, 0.1) is 6.61 Å². The number of benzene rings is 1. The van der Waals surface area contributed by atoms with Crippen LogP contribution >= 0.6 is 0 Å². The Balaban J connectivity index is 1.45. The molecule has 3 rings (SSSR count). The lowest BCUT2D eigenvalue weighted by Gasteiger charge is -2.29. The second-order valence-electron chi connectivity index (χ2n) is 7.70. The lowest BCUT2D eigenvalue weighted by molar-refractivity contribution is -0.144. The van der Waals surface area contributed by atoms with E-state index in [4.69, 9.17) is 4.74 Å². The van der Waals surface area contributed by atoms with Crippen LogP contribution in [0.1, 0.15) is 43.7 Å². The predicted molar refractivity (Wildman–Crippen MR) is 101 cm³/mol. The van der Waals surface area contributed by atoms with Gasteiger partial charge in [0.25, 0.3) is 5.91 Å². The molecule has 5 nitrogen and oxygen atoms in total. The zero-order valence-corrected chi connectivity index (χ0v) is 16.0. The summed E-state index contributed by atoms with van der Waals surface area (Å²) >= 11 is 0. The summed E-state index contributed by atoms with van der Waals surface area (Å²) in [6.07, 6.45) is 5.75. The summed E-state index contributed by atoms with van der Waals surface area (Å²) in [5.74, 6) is 0.990. The first-order valence-corrected chi connectivity index (χ1v) is 9.76. The highest BCUT2D eigenvalue weighted by molar-refractivity contribution is 6.35. The van der Waals surface area contributed by atoms with Crippen LogP contribution in [0.15, 0.2) is 18.2 Å². The first-order valence-electron chi connectivity index (χ1n) is 9.76. The number of hydrogen-bond acceptors (Lipinski definition) is 4. The molecule has 0 N–H and O–H groups in total. The largest absolute Gasteiger partial charge is 0.494 e. The molecule has 1 fully saturated rings. The van der Waals surface area contributed by atoms with E-state index in [1.165, 1.54) is 44.8 Å². The summed E-state index contributed by atoms with van der Waals surface area (Å²) in [7, 11) is 2.20. The van der Waals surface area contributed by atoms with Crippen LogP contribution in [0, 0.1) is 5.92 Å². The van der Waals surface area contributed by atoms with Crippen LogP contribution in [-0.2, 0) is 22.6 Å². The Labute approximate surface area is 156 Å². The van der Waals surface area contributed by atoms with E-state index in [2.05, 4.69) is 18.0 Å². The fraction of sp³-hybridized carbons (Fsp3) is 0.619. The molecule has 0 radical (unpaired) electrons. The average Bonchev–Trinajstić information content (AvgIpc) is 2.65. The van der Waals surface area contributed by atoms with Gasteiger partial charge in [-0.25, -0.2) is 0 Å². The highest BCUT2D eigenvalue weighted by Gasteiger charge is 2.23. The number of likely N-dealkylation sites (tertiary alicyclic amines) is 1. The number of rotatable bonds is 6. The van der Waals surface area contributed by atoms with E-state index in [9.17, 15) is 9.59 Å². The smallest absolute Gasteiger partial charge is 0.289 e. The number of carbonyl (C=O) groups is 2. The van der Waals surface area contributed by atoms with Crippen molar-refractivity contribution in [2.45, 2.75) is 45.6 Å². The molecular weight excluding hydrogens is 328 g/mol. The maximum atomic E-state index is 11.8. The standard InChI is InChI=1S/C21H30N2O3/c1-16(24)21(25)23-12-9-18-14-20(6-5-19(18)15-23)26-13-3-4-17-7-10-22(2)11-8-17/h5-6,14,17H,3-4,7-13,15H2,1-2H3. The Kier molecular flexibility index (Phi) is 6.30. The molecule has 0 bridgehead atoms. The maximum absolute atomic E-state index is 11.8. The summed E-state index contributed by atoms with van der Waals surface area (Å²) in [6, 6.07) is 6.11. The molecule has 0 atom stereocenters. The Morgan fingerprint density at radius 2 is 1.92 bits per heavy atom. The molecule has 0 spiro atoms. The van der Waals surface area contributed by atoms with E-state index < -0.39 is 5.78 Å². The SMILES string of the molecule is CC(=O)C(=O)N1CCc2cc(OCCCC3CCN(C)CC3)ccc2C1. The van der Waals surface area contributed by atoms with Gasteiger partial charge in [-0.15, -0.1) is 0 Å². The third-order valence-electron chi connectivity index (χ3n) is 5.64. The van der Waals surface area contributed by atoms with E-state index in [1.807, 2.05) is 12.1 Å². The molecule has 0 aliphatic carbocycles. The van der Waals surface area contributed by atoms with Crippen LogP contribution in [0.25, 0.3) is 0 Å². The minimum absolute atomic E-state index is 0.384. The summed E-state index contributed by atoms with van der Waals surface area (Å²) in [5, 5.41) is 0. The minimum Gasteiger partial charge on any atom is -0.494 e. The molecule has 26 heavy (non-hydrogen) atoms. The van der Waals surface area contributed by atoms with E-state index in [1.54, 1.807) is 4.90 Å². The van der Waals surface area contributed by atoms with Gasteiger partial charge >= 0.3 is 0 Å². The average molecular weight is 358 g/mol. The molecule has 142 valence electrons. The molecule has 1 aromatic rings. The molecule has 0 unspecified atom stereocenters. The fourth-order valence-electron chi connectivity index (χ4n) is 3.93. The van der Waals surface area contributed by atoms with Gasteiger partial charge in [-0.1, -0.05) is 6.07 Å². The van der Waals surface area contributed by atoms with Gasteiger partial charge in [-0.2, -0.15) is 0 Å². The number of nitrogens with zero attached hydrogens (tertiary/aromatic N) is 2. The third-order valence-corrected chi connectivity index (χ3v) is 5.64. The second-order valence-corrected chi connectivity index (χ2v) is 7.70. The van der Waals surface area contributed by atoms with Crippen molar-refractivity contribution < 1.29 is 14.3 Å². The number of hydrogen-bond donors (Lipinski definition) is 0. The van der Waals surface area contributed by atoms with Crippen molar-refractivity contribution in [3.63, 3.8) is 0 Å². The van der Waals surface area contributed by atoms with E-state index in [0.717, 1.165) is 36.7 Å². The number of carbonyl (C=O) groups excluding carboxylic acids is 2. The molecular formula is C21H30N2O3. The molecule has 2 aliphatic heterocycles. The zero-order valence-electron chi connectivity index (χ0n) is 16.0. The molecule has 1 saturated heterocycles. The molecule has 0 aromatic heterocycles. The number of ether oxygens (including phenoxy) is 1. The van der Waals surface area contributed by atoms with Crippen LogP contribution in [0.4, 0.5) is 0 Å².